The van der Waals surface area contributed by atoms with Gasteiger partial charge in [0.2, 0.25) is 5.43 Å². The summed E-state index contributed by atoms with van der Waals surface area (Å²) in [5.41, 5.74) is -1.05. The van der Waals surface area contributed by atoms with E-state index in [1.54, 1.807) is 11.1 Å². The number of halogens is 2. The first kappa shape index (κ1) is 24.9. The first-order valence-electron chi connectivity index (χ1n) is 11.1. The highest BCUT2D eigenvalue weighted by Gasteiger charge is 2.34. The number of furan rings is 1. The van der Waals surface area contributed by atoms with Crippen molar-refractivity contribution in [1.82, 2.24) is 14.9 Å². The van der Waals surface area contributed by atoms with Gasteiger partial charge in [-0.3, -0.25) is 24.1 Å². The molecule has 0 unspecified atom stereocenters. The van der Waals surface area contributed by atoms with E-state index >= 15 is 0 Å². The summed E-state index contributed by atoms with van der Waals surface area (Å²) < 4.78 is 38.8. The largest absolute Gasteiger partial charge is 0.502 e. The van der Waals surface area contributed by atoms with Gasteiger partial charge in [0.05, 0.1) is 25.7 Å². The lowest BCUT2D eigenvalue weighted by atomic mass is 10.1. The van der Waals surface area contributed by atoms with Crippen molar-refractivity contribution in [2.75, 3.05) is 31.4 Å². The highest BCUT2D eigenvalue weighted by Crippen LogP contribution is 2.23. The van der Waals surface area contributed by atoms with Gasteiger partial charge in [0.15, 0.2) is 11.4 Å². The molecule has 10 nitrogen and oxygen atoms in total. The Kier molecular flexibility index (Phi) is 7.34. The third-order valence-corrected chi connectivity index (χ3v) is 5.65. The molecule has 1 aromatic carbocycles. The molecular formula is C24H24F2N4O6. The quantitative estimate of drug-likeness (QED) is 0.430. The Morgan fingerprint density at radius 2 is 2.06 bits per heavy atom. The molecule has 36 heavy (non-hydrogen) atoms. The van der Waals surface area contributed by atoms with Gasteiger partial charge in [0, 0.05) is 43.1 Å². The van der Waals surface area contributed by atoms with Gasteiger partial charge in [-0.2, -0.15) is 0 Å². The molecular weight excluding hydrogens is 478 g/mol. The molecule has 12 heteroatoms. The highest BCUT2D eigenvalue weighted by molar-refractivity contribution is 5.99. The van der Waals surface area contributed by atoms with Crippen LogP contribution in [0.2, 0.25) is 0 Å². The monoisotopic (exact) mass is 502 g/mol. The highest BCUT2D eigenvalue weighted by atomic mass is 19.1. The number of nitrogens with zero attached hydrogens (tertiary/aromatic N) is 3. The van der Waals surface area contributed by atoms with Crippen LogP contribution in [0.3, 0.4) is 0 Å². The molecule has 0 fully saturated rings. The number of benzene rings is 1. The number of aromatic nitrogens is 1. The minimum absolute atomic E-state index is 0.00809. The molecule has 0 atom stereocenters. The Labute approximate surface area is 204 Å². The van der Waals surface area contributed by atoms with Crippen molar-refractivity contribution >= 4 is 11.8 Å². The molecule has 0 spiro atoms. The van der Waals surface area contributed by atoms with Gasteiger partial charge in [-0.25, -0.2) is 8.78 Å². The van der Waals surface area contributed by atoms with Gasteiger partial charge < -0.3 is 24.5 Å². The summed E-state index contributed by atoms with van der Waals surface area (Å²) in [7, 11) is 0. The predicted molar refractivity (Wildman–Crippen MR) is 123 cm³/mol. The van der Waals surface area contributed by atoms with Crippen LogP contribution in [0, 0.1) is 11.6 Å². The molecule has 2 amide bonds. The summed E-state index contributed by atoms with van der Waals surface area (Å²) in [6.45, 7) is 2.74. The number of pyridine rings is 1. The molecule has 4 rings (SSSR count). The van der Waals surface area contributed by atoms with Crippen molar-refractivity contribution in [3.8, 4) is 5.75 Å². The standard InChI is InChI=1S/C24H24F2N4O6/c1-2-35-8-6-28-14-29(11-15-5-7-36-13-15)30-12-18(21(31)22(32)20(30)24(28)34)23(33)27-10-16-3-4-17(25)9-19(16)26/h3-5,7,9,12-13,32H,2,6,8,10-11,14H2,1H3,(H,27,33). The maximum Gasteiger partial charge on any atom is 0.277 e. The van der Waals surface area contributed by atoms with Crippen LogP contribution in [0.4, 0.5) is 8.78 Å². The molecule has 1 aliphatic rings. The van der Waals surface area contributed by atoms with E-state index in [9.17, 15) is 28.3 Å². The Balaban J connectivity index is 1.66. The minimum Gasteiger partial charge on any atom is -0.502 e. The van der Waals surface area contributed by atoms with E-state index in [0.29, 0.717) is 12.7 Å². The summed E-state index contributed by atoms with van der Waals surface area (Å²) in [6, 6.07) is 4.61. The molecule has 0 aliphatic carbocycles. The molecule has 0 bridgehead atoms. The first-order chi connectivity index (χ1) is 17.3. The third kappa shape index (κ3) is 5.08. The van der Waals surface area contributed by atoms with Gasteiger partial charge in [-0.1, -0.05) is 6.07 Å². The third-order valence-electron chi connectivity index (χ3n) is 5.65. The van der Waals surface area contributed by atoms with Gasteiger partial charge in [-0.15, -0.1) is 0 Å². The number of hydrogen-bond acceptors (Lipinski definition) is 7. The molecule has 3 heterocycles. The average molecular weight is 502 g/mol. The van der Waals surface area contributed by atoms with Crippen LogP contribution in [0.5, 0.6) is 5.75 Å². The lowest BCUT2D eigenvalue weighted by Crippen LogP contribution is -2.54. The second kappa shape index (κ2) is 10.6. The second-order valence-electron chi connectivity index (χ2n) is 8.04. The summed E-state index contributed by atoms with van der Waals surface area (Å²) in [4.78, 5) is 40.2. The number of hydrogen-bond donors (Lipinski definition) is 2. The van der Waals surface area contributed by atoms with Gasteiger partial charge in [0.1, 0.15) is 23.9 Å². The molecule has 0 saturated carbocycles. The Morgan fingerprint density at radius 3 is 2.75 bits per heavy atom. The maximum atomic E-state index is 13.9. The number of carbonyl (C=O) groups excluding carboxylic acids is 2. The number of nitrogens with one attached hydrogen (secondary N) is 1. The fourth-order valence-electron chi connectivity index (χ4n) is 3.80. The summed E-state index contributed by atoms with van der Waals surface area (Å²) in [5, 5.41) is 14.7. The maximum absolute atomic E-state index is 13.9. The van der Waals surface area contributed by atoms with E-state index in [1.165, 1.54) is 28.2 Å². The molecule has 0 radical (unpaired) electrons. The molecule has 2 aromatic heterocycles. The SMILES string of the molecule is CCOCCN1CN(Cc2ccoc2)n2cc(C(=O)NCc3ccc(F)cc3F)c(=O)c(O)c2C1=O. The molecule has 3 aromatic rings. The minimum atomic E-state index is -1.05. The molecule has 2 N–H and O–H groups in total. The van der Waals surface area contributed by atoms with Crippen LogP contribution < -0.4 is 15.8 Å². The zero-order valence-corrected chi connectivity index (χ0v) is 19.4. The zero-order chi connectivity index (χ0) is 25.8. The lowest BCUT2D eigenvalue weighted by molar-refractivity contribution is 0.0582. The second-order valence-corrected chi connectivity index (χ2v) is 8.04. The predicted octanol–water partition coefficient (Wildman–Crippen LogP) is 1.94. The molecule has 0 saturated heterocycles. The number of fused-ring (bicyclic) bond motifs is 1. The van der Waals surface area contributed by atoms with E-state index in [2.05, 4.69) is 5.32 Å². The van der Waals surface area contributed by atoms with Crippen molar-refractivity contribution in [2.24, 2.45) is 0 Å². The van der Waals surface area contributed by atoms with E-state index in [-0.39, 0.29) is 44.2 Å². The van der Waals surface area contributed by atoms with Gasteiger partial charge in [-0.05, 0) is 19.1 Å². The Bertz CT molecular complexity index is 1320. The van der Waals surface area contributed by atoms with Crippen molar-refractivity contribution < 1.29 is 32.6 Å². The normalized spacial score (nSPS) is 13.1. The molecule has 190 valence electrons. The van der Waals surface area contributed by atoms with Crippen LogP contribution in [-0.2, 0) is 17.8 Å². The fourth-order valence-corrected chi connectivity index (χ4v) is 3.80. The van der Waals surface area contributed by atoms with Crippen molar-refractivity contribution in [3.05, 3.63) is 87.2 Å². The van der Waals surface area contributed by atoms with Crippen LogP contribution >= 0.6 is 0 Å². The van der Waals surface area contributed by atoms with Crippen molar-refractivity contribution in [3.63, 3.8) is 0 Å². The lowest BCUT2D eigenvalue weighted by Gasteiger charge is -2.39. The number of rotatable bonds is 9. The van der Waals surface area contributed by atoms with E-state index in [0.717, 1.165) is 17.8 Å². The van der Waals surface area contributed by atoms with E-state index in [1.807, 2.05) is 6.92 Å². The van der Waals surface area contributed by atoms with Crippen LogP contribution in [-0.4, -0.2) is 52.9 Å². The van der Waals surface area contributed by atoms with Crippen LogP contribution in [0.15, 0.2) is 52.2 Å². The smallest absolute Gasteiger partial charge is 0.277 e. The topological polar surface area (TPSA) is 117 Å². The fraction of sp³-hybridized carbons (Fsp3) is 0.292. The Hall–Kier alpha value is -4.19. The van der Waals surface area contributed by atoms with E-state index < -0.39 is 40.2 Å². The number of amides is 2. The average Bonchev–Trinajstić information content (AvgIpc) is 3.36. The zero-order valence-electron chi connectivity index (χ0n) is 19.4. The van der Waals surface area contributed by atoms with Gasteiger partial charge >= 0.3 is 0 Å². The Morgan fingerprint density at radius 1 is 1.25 bits per heavy atom. The number of carbonyl (C=O) groups is 2. The van der Waals surface area contributed by atoms with Crippen molar-refractivity contribution in [1.29, 1.82) is 0 Å². The molecule has 1 aliphatic heterocycles. The number of aromatic hydroxyl groups is 1. The van der Waals surface area contributed by atoms with E-state index in [4.69, 9.17) is 9.15 Å². The van der Waals surface area contributed by atoms with Crippen LogP contribution in [0.1, 0.15) is 38.9 Å². The van der Waals surface area contributed by atoms with Gasteiger partial charge in [0.25, 0.3) is 11.8 Å². The summed E-state index contributed by atoms with van der Waals surface area (Å²) in [5.74, 6) is -4.02. The number of ether oxygens (including phenoxy) is 1. The summed E-state index contributed by atoms with van der Waals surface area (Å²) in [6.07, 6.45) is 4.15. The van der Waals surface area contributed by atoms with Crippen LogP contribution in [0.25, 0.3) is 0 Å². The van der Waals surface area contributed by atoms with Crippen molar-refractivity contribution in [2.45, 2.75) is 20.0 Å². The first-order valence-corrected chi connectivity index (χ1v) is 11.1. The summed E-state index contributed by atoms with van der Waals surface area (Å²) >= 11 is 0.